The van der Waals surface area contributed by atoms with Gasteiger partial charge in [-0.2, -0.15) is 0 Å². The van der Waals surface area contributed by atoms with E-state index in [1.54, 1.807) is 23.1 Å². The van der Waals surface area contributed by atoms with Gasteiger partial charge in [-0.15, -0.1) is 0 Å². The number of hydrogen-bond donors (Lipinski definition) is 3. The van der Waals surface area contributed by atoms with Gasteiger partial charge in [0.1, 0.15) is 0 Å². The van der Waals surface area contributed by atoms with Gasteiger partial charge < -0.3 is 20.6 Å². The molecule has 0 aliphatic carbocycles. The average molecular weight is 286 g/mol. The predicted molar refractivity (Wildman–Crippen MR) is 75.1 cm³/mol. The molecule has 0 bridgehead atoms. The standard InChI is InChI=1S/C12H16ClN3O3/c1-16(2)11-8(13)4-3-5-9(11)15-12(19)14-7-6-10(17)18/h3-5H,6-7H2,1-2H3,(H,17,18)(H2,14,15,19). The summed E-state index contributed by atoms with van der Waals surface area (Å²) < 4.78 is 0. The van der Waals surface area contributed by atoms with Gasteiger partial charge in [0.25, 0.3) is 0 Å². The van der Waals surface area contributed by atoms with Crippen molar-refractivity contribution >= 4 is 35.0 Å². The van der Waals surface area contributed by atoms with Crippen molar-refractivity contribution in [2.24, 2.45) is 0 Å². The van der Waals surface area contributed by atoms with Crippen molar-refractivity contribution in [1.82, 2.24) is 5.32 Å². The maximum Gasteiger partial charge on any atom is 0.319 e. The summed E-state index contributed by atoms with van der Waals surface area (Å²) in [6.07, 6.45) is -0.122. The van der Waals surface area contributed by atoms with Crippen molar-refractivity contribution in [1.29, 1.82) is 0 Å². The molecular formula is C12H16ClN3O3. The Balaban J connectivity index is 2.69. The van der Waals surface area contributed by atoms with Crippen LogP contribution in [0.5, 0.6) is 0 Å². The fourth-order valence-corrected chi connectivity index (χ4v) is 1.86. The lowest BCUT2D eigenvalue weighted by molar-refractivity contribution is -0.136. The average Bonchev–Trinajstić information content (AvgIpc) is 2.27. The summed E-state index contributed by atoms with van der Waals surface area (Å²) in [5, 5.41) is 14.1. The van der Waals surface area contributed by atoms with Gasteiger partial charge in [-0.25, -0.2) is 4.79 Å². The smallest absolute Gasteiger partial charge is 0.319 e. The van der Waals surface area contributed by atoms with Crippen molar-refractivity contribution in [2.45, 2.75) is 6.42 Å². The minimum Gasteiger partial charge on any atom is -0.481 e. The molecule has 0 aliphatic heterocycles. The van der Waals surface area contributed by atoms with Crippen LogP contribution in [0.25, 0.3) is 0 Å². The van der Waals surface area contributed by atoms with Gasteiger partial charge >= 0.3 is 12.0 Å². The SMILES string of the molecule is CN(C)c1c(Cl)cccc1NC(=O)NCCC(=O)O. The number of carboxylic acids is 1. The molecule has 0 spiro atoms. The van der Waals surface area contributed by atoms with E-state index in [2.05, 4.69) is 10.6 Å². The summed E-state index contributed by atoms with van der Waals surface area (Å²) in [7, 11) is 3.63. The summed E-state index contributed by atoms with van der Waals surface area (Å²) in [5.74, 6) is -0.961. The Hall–Kier alpha value is -1.95. The minimum atomic E-state index is -0.961. The first-order chi connectivity index (χ1) is 8.91. The van der Waals surface area contributed by atoms with Crippen molar-refractivity contribution in [3.8, 4) is 0 Å². The number of anilines is 2. The Labute approximate surface area is 116 Å². The normalized spacial score (nSPS) is 9.84. The number of amides is 2. The second-order valence-corrected chi connectivity index (χ2v) is 4.46. The zero-order valence-corrected chi connectivity index (χ0v) is 11.5. The number of halogens is 1. The summed E-state index contributed by atoms with van der Waals surface area (Å²) >= 11 is 6.06. The van der Waals surface area contributed by atoms with Gasteiger partial charge in [0, 0.05) is 20.6 Å². The van der Waals surface area contributed by atoms with Crippen LogP contribution in [0.3, 0.4) is 0 Å². The highest BCUT2D eigenvalue weighted by Gasteiger charge is 2.11. The Morgan fingerprint density at radius 2 is 2.05 bits per heavy atom. The van der Waals surface area contributed by atoms with Crippen LogP contribution in [0.1, 0.15) is 6.42 Å². The number of hydrogen-bond acceptors (Lipinski definition) is 3. The van der Waals surface area contributed by atoms with Gasteiger partial charge in [-0.3, -0.25) is 4.79 Å². The molecule has 3 N–H and O–H groups in total. The van der Waals surface area contributed by atoms with Crippen LogP contribution in [0.2, 0.25) is 5.02 Å². The lowest BCUT2D eigenvalue weighted by Gasteiger charge is -2.19. The number of carboxylic acid groups (broad SMARTS) is 1. The molecule has 6 nitrogen and oxygen atoms in total. The van der Waals surface area contributed by atoms with E-state index < -0.39 is 12.0 Å². The summed E-state index contributed by atoms with van der Waals surface area (Å²) in [5.41, 5.74) is 1.25. The largest absolute Gasteiger partial charge is 0.481 e. The van der Waals surface area contributed by atoms with E-state index in [4.69, 9.17) is 16.7 Å². The molecule has 104 valence electrons. The molecule has 0 aliphatic rings. The van der Waals surface area contributed by atoms with Crippen LogP contribution in [0.15, 0.2) is 18.2 Å². The van der Waals surface area contributed by atoms with Gasteiger partial charge in [0.15, 0.2) is 0 Å². The second kappa shape index (κ2) is 6.84. The molecule has 1 aromatic rings. The molecule has 1 rings (SSSR count). The molecule has 0 saturated carbocycles. The van der Waals surface area contributed by atoms with Gasteiger partial charge in [0.2, 0.25) is 0 Å². The van der Waals surface area contributed by atoms with E-state index >= 15 is 0 Å². The van der Waals surface area contributed by atoms with Crippen molar-refractivity contribution < 1.29 is 14.7 Å². The molecule has 7 heteroatoms. The Kier molecular flexibility index (Phi) is 5.44. The molecule has 19 heavy (non-hydrogen) atoms. The van der Waals surface area contributed by atoms with Crippen LogP contribution < -0.4 is 15.5 Å². The summed E-state index contributed by atoms with van der Waals surface area (Å²) in [6, 6.07) is 4.71. The number of benzene rings is 1. The number of aliphatic carboxylic acids is 1. The first-order valence-corrected chi connectivity index (χ1v) is 6.02. The van der Waals surface area contributed by atoms with E-state index in [-0.39, 0.29) is 13.0 Å². The van der Waals surface area contributed by atoms with Gasteiger partial charge in [0.05, 0.1) is 22.8 Å². The van der Waals surface area contributed by atoms with Crippen molar-refractivity contribution in [2.75, 3.05) is 30.9 Å². The molecular weight excluding hydrogens is 270 g/mol. The molecule has 0 heterocycles. The molecule has 1 aromatic carbocycles. The molecule has 0 radical (unpaired) electrons. The molecule has 0 aromatic heterocycles. The highest BCUT2D eigenvalue weighted by atomic mass is 35.5. The third-order valence-corrected chi connectivity index (χ3v) is 2.61. The Bertz CT molecular complexity index is 477. The lowest BCUT2D eigenvalue weighted by atomic mass is 10.2. The third kappa shape index (κ3) is 4.67. The first-order valence-electron chi connectivity index (χ1n) is 5.64. The predicted octanol–water partition coefficient (Wildman–Crippen LogP) is 2.00. The maximum absolute atomic E-state index is 11.6. The molecule has 2 amide bonds. The fourth-order valence-electron chi connectivity index (χ4n) is 1.52. The van der Waals surface area contributed by atoms with Gasteiger partial charge in [-0.1, -0.05) is 17.7 Å². The minimum absolute atomic E-state index is 0.0685. The zero-order chi connectivity index (χ0) is 14.4. The molecule has 0 fully saturated rings. The molecule has 0 unspecified atom stereocenters. The monoisotopic (exact) mass is 285 g/mol. The Morgan fingerprint density at radius 3 is 2.63 bits per heavy atom. The van der Waals surface area contributed by atoms with Crippen LogP contribution in [-0.4, -0.2) is 37.7 Å². The number of carbonyl (C=O) groups is 2. The highest BCUT2D eigenvalue weighted by molar-refractivity contribution is 6.34. The molecule has 0 saturated heterocycles. The maximum atomic E-state index is 11.6. The van der Waals surface area contributed by atoms with E-state index in [0.717, 1.165) is 0 Å². The number of nitrogens with zero attached hydrogens (tertiary/aromatic N) is 1. The van der Waals surface area contributed by atoms with E-state index in [9.17, 15) is 9.59 Å². The first kappa shape index (κ1) is 15.1. The van der Waals surface area contributed by atoms with E-state index in [1.165, 1.54) is 0 Å². The van der Waals surface area contributed by atoms with E-state index in [0.29, 0.717) is 16.4 Å². The van der Waals surface area contributed by atoms with E-state index in [1.807, 2.05) is 14.1 Å². The number of para-hydroxylation sites is 1. The highest BCUT2D eigenvalue weighted by Crippen LogP contribution is 2.32. The Morgan fingerprint density at radius 1 is 1.37 bits per heavy atom. The van der Waals surface area contributed by atoms with Crippen LogP contribution >= 0.6 is 11.6 Å². The third-order valence-electron chi connectivity index (χ3n) is 2.31. The topological polar surface area (TPSA) is 81.7 Å². The van der Waals surface area contributed by atoms with Crippen LogP contribution in [0.4, 0.5) is 16.2 Å². The number of carbonyl (C=O) groups excluding carboxylic acids is 1. The summed E-state index contributed by atoms with van der Waals surface area (Å²) in [6.45, 7) is 0.0685. The quantitative estimate of drug-likeness (QED) is 0.773. The number of nitrogens with one attached hydrogen (secondary N) is 2. The number of rotatable bonds is 5. The number of urea groups is 1. The fraction of sp³-hybridized carbons (Fsp3) is 0.333. The van der Waals surface area contributed by atoms with Gasteiger partial charge in [-0.05, 0) is 12.1 Å². The molecule has 0 atom stereocenters. The van der Waals surface area contributed by atoms with Crippen LogP contribution in [0, 0.1) is 0 Å². The van der Waals surface area contributed by atoms with Crippen LogP contribution in [-0.2, 0) is 4.79 Å². The van der Waals surface area contributed by atoms with Crippen molar-refractivity contribution in [3.05, 3.63) is 23.2 Å². The zero-order valence-electron chi connectivity index (χ0n) is 10.7. The second-order valence-electron chi connectivity index (χ2n) is 4.06. The summed E-state index contributed by atoms with van der Waals surface area (Å²) in [4.78, 5) is 23.7. The van der Waals surface area contributed by atoms with Crippen molar-refractivity contribution in [3.63, 3.8) is 0 Å². The lowest BCUT2D eigenvalue weighted by Crippen LogP contribution is -2.31.